The van der Waals surface area contributed by atoms with Crippen LogP contribution in [0.5, 0.6) is 0 Å². The van der Waals surface area contributed by atoms with Gasteiger partial charge < -0.3 is 10.1 Å². The second-order valence-electron chi connectivity index (χ2n) is 3.26. The van der Waals surface area contributed by atoms with Crippen LogP contribution in [-0.2, 0) is 4.74 Å². The quantitative estimate of drug-likeness (QED) is 0.568. The van der Waals surface area contributed by atoms with Gasteiger partial charge in [0.25, 0.3) is 0 Å². The highest BCUT2D eigenvalue weighted by atomic mass is 16.5. The van der Waals surface area contributed by atoms with Crippen LogP contribution in [0.3, 0.4) is 0 Å². The molecular formula is C10H23NO. The number of methoxy groups -OCH3 is 1. The van der Waals surface area contributed by atoms with E-state index in [1.165, 1.54) is 25.7 Å². The van der Waals surface area contributed by atoms with Crippen LogP contribution in [0.2, 0.25) is 0 Å². The zero-order chi connectivity index (χ0) is 9.23. The highest BCUT2D eigenvalue weighted by molar-refractivity contribution is 4.63. The number of hydrogen-bond donors (Lipinski definition) is 1. The highest BCUT2D eigenvalue weighted by Crippen LogP contribution is 2.05. The smallest absolute Gasteiger partial charge is 0.0477 e. The predicted molar refractivity (Wildman–Crippen MR) is 53.5 cm³/mol. The summed E-state index contributed by atoms with van der Waals surface area (Å²) in [6.07, 6.45) is 6.42. The van der Waals surface area contributed by atoms with Gasteiger partial charge in [-0.1, -0.05) is 26.2 Å². The predicted octanol–water partition coefficient (Wildman–Crippen LogP) is 2.19. The minimum Gasteiger partial charge on any atom is -0.385 e. The van der Waals surface area contributed by atoms with Gasteiger partial charge in [-0.3, -0.25) is 0 Å². The first kappa shape index (κ1) is 11.9. The maximum Gasteiger partial charge on any atom is 0.0477 e. The zero-order valence-electron chi connectivity index (χ0n) is 8.73. The van der Waals surface area contributed by atoms with Crippen molar-refractivity contribution >= 4 is 0 Å². The summed E-state index contributed by atoms with van der Waals surface area (Å²) in [4.78, 5) is 0. The average Bonchev–Trinajstić information content (AvgIpc) is 2.11. The summed E-state index contributed by atoms with van der Waals surface area (Å²) in [5.41, 5.74) is 0. The lowest BCUT2D eigenvalue weighted by Crippen LogP contribution is -2.26. The third kappa shape index (κ3) is 6.62. The molecule has 0 saturated carbocycles. The SMILES string of the molecule is CCCCCC(CCOC)NC. The lowest BCUT2D eigenvalue weighted by atomic mass is 10.1. The lowest BCUT2D eigenvalue weighted by Gasteiger charge is -2.14. The molecule has 2 nitrogen and oxygen atoms in total. The van der Waals surface area contributed by atoms with Gasteiger partial charge in [-0.15, -0.1) is 0 Å². The number of nitrogens with one attached hydrogen (secondary N) is 1. The van der Waals surface area contributed by atoms with Gasteiger partial charge >= 0.3 is 0 Å². The normalized spacial score (nSPS) is 13.2. The topological polar surface area (TPSA) is 21.3 Å². The van der Waals surface area contributed by atoms with Crippen LogP contribution in [-0.4, -0.2) is 26.8 Å². The molecule has 1 atom stereocenters. The van der Waals surface area contributed by atoms with Crippen molar-refractivity contribution in [3.05, 3.63) is 0 Å². The maximum atomic E-state index is 5.04. The minimum atomic E-state index is 0.650. The van der Waals surface area contributed by atoms with Crippen LogP contribution in [0.25, 0.3) is 0 Å². The largest absolute Gasteiger partial charge is 0.385 e. The van der Waals surface area contributed by atoms with Gasteiger partial charge in [0, 0.05) is 19.8 Å². The van der Waals surface area contributed by atoms with Crippen LogP contribution >= 0.6 is 0 Å². The fourth-order valence-electron chi connectivity index (χ4n) is 1.33. The van der Waals surface area contributed by atoms with E-state index in [0.29, 0.717) is 6.04 Å². The molecule has 74 valence electrons. The van der Waals surface area contributed by atoms with Crippen molar-refractivity contribution < 1.29 is 4.74 Å². The Balaban J connectivity index is 3.26. The summed E-state index contributed by atoms with van der Waals surface area (Å²) < 4.78 is 5.04. The molecule has 0 aliphatic heterocycles. The van der Waals surface area contributed by atoms with Crippen molar-refractivity contribution in [2.75, 3.05) is 20.8 Å². The molecule has 2 heteroatoms. The van der Waals surface area contributed by atoms with Crippen molar-refractivity contribution in [2.24, 2.45) is 0 Å². The molecule has 0 rings (SSSR count). The van der Waals surface area contributed by atoms with Crippen molar-refractivity contribution in [1.29, 1.82) is 0 Å². The molecule has 0 aromatic rings. The van der Waals surface area contributed by atoms with Crippen LogP contribution in [0.15, 0.2) is 0 Å². The molecule has 0 bridgehead atoms. The molecule has 0 amide bonds. The zero-order valence-corrected chi connectivity index (χ0v) is 8.73. The van der Waals surface area contributed by atoms with Crippen molar-refractivity contribution in [1.82, 2.24) is 5.32 Å². The van der Waals surface area contributed by atoms with Gasteiger partial charge in [0.15, 0.2) is 0 Å². The molecule has 0 aromatic carbocycles. The fourth-order valence-corrected chi connectivity index (χ4v) is 1.33. The second kappa shape index (κ2) is 9.01. The monoisotopic (exact) mass is 173 g/mol. The number of ether oxygens (including phenoxy) is 1. The third-order valence-corrected chi connectivity index (χ3v) is 2.23. The second-order valence-corrected chi connectivity index (χ2v) is 3.26. The minimum absolute atomic E-state index is 0.650. The van der Waals surface area contributed by atoms with E-state index in [0.717, 1.165) is 13.0 Å². The Kier molecular flexibility index (Phi) is 8.95. The molecular weight excluding hydrogens is 150 g/mol. The molecule has 0 saturated heterocycles. The van der Waals surface area contributed by atoms with Crippen molar-refractivity contribution in [3.63, 3.8) is 0 Å². The molecule has 0 aliphatic rings. The molecule has 12 heavy (non-hydrogen) atoms. The Bertz CT molecular complexity index is 85.9. The molecule has 0 heterocycles. The van der Waals surface area contributed by atoms with Crippen molar-refractivity contribution in [3.8, 4) is 0 Å². The van der Waals surface area contributed by atoms with Crippen LogP contribution < -0.4 is 5.32 Å². The molecule has 0 spiro atoms. The lowest BCUT2D eigenvalue weighted by molar-refractivity contribution is 0.182. The Morgan fingerprint density at radius 3 is 2.50 bits per heavy atom. The number of rotatable bonds is 8. The van der Waals surface area contributed by atoms with E-state index in [4.69, 9.17) is 4.74 Å². The summed E-state index contributed by atoms with van der Waals surface area (Å²) in [6.45, 7) is 3.11. The van der Waals surface area contributed by atoms with Gasteiger partial charge in [-0.25, -0.2) is 0 Å². The summed E-state index contributed by atoms with van der Waals surface area (Å²) in [7, 11) is 3.80. The van der Waals surface area contributed by atoms with E-state index in [9.17, 15) is 0 Å². The summed E-state index contributed by atoms with van der Waals surface area (Å²) in [5.74, 6) is 0. The van der Waals surface area contributed by atoms with Gasteiger partial charge in [-0.05, 0) is 19.9 Å². The van der Waals surface area contributed by atoms with Crippen molar-refractivity contribution in [2.45, 2.75) is 45.1 Å². The molecule has 0 aromatic heterocycles. The maximum absolute atomic E-state index is 5.04. The number of hydrogen-bond acceptors (Lipinski definition) is 2. The Morgan fingerprint density at radius 2 is 2.00 bits per heavy atom. The highest BCUT2D eigenvalue weighted by Gasteiger charge is 2.03. The van der Waals surface area contributed by atoms with E-state index in [-0.39, 0.29) is 0 Å². The van der Waals surface area contributed by atoms with Gasteiger partial charge in [-0.2, -0.15) is 0 Å². The van der Waals surface area contributed by atoms with Gasteiger partial charge in [0.2, 0.25) is 0 Å². The first-order valence-electron chi connectivity index (χ1n) is 5.01. The van der Waals surface area contributed by atoms with Gasteiger partial charge in [0.1, 0.15) is 0 Å². The fraction of sp³-hybridized carbons (Fsp3) is 1.00. The van der Waals surface area contributed by atoms with E-state index < -0.39 is 0 Å². The first-order valence-corrected chi connectivity index (χ1v) is 5.01. The van der Waals surface area contributed by atoms with E-state index in [1.54, 1.807) is 7.11 Å². The van der Waals surface area contributed by atoms with Crippen LogP contribution in [0.1, 0.15) is 39.0 Å². The standard InChI is InChI=1S/C10H23NO/c1-4-5-6-7-10(11-2)8-9-12-3/h10-11H,4-9H2,1-3H3. The van der Waals surface area contributed by atoms with E-state index >= 15 is 0 Å². The first-order chi connectivity index (χ1) is 5.85. The van der Waals surface area contributed by atoms with Crippen LogP contribution in [0, 0.1) is 0 Å². The molecule has 0 aliphatic carbocycles. The van der Waals surface area contributed by atoms with Crippen LogP contribution in [0.4, 0.5) is 0 Å². The Hall–Kier alpha value is -0.0800. The summed E-state index contributed by atoms with van der Waals surface area (Å²) in [6, 6.07) is 0.650. The third-order valence-electron chi connectivity index (χ3n) is 2.23. The number of unbranched alkanes of at least 4 members (excludes halogenated alkanes) is 2. The molecule has 0 fully saturated rings. The van der Waals surface area contributed by atoms with Gasteiger partial charge in [0.05, 0.1) is 0 Å². The van der Waals surface area contributed by atoms with E-state index in [1.807, 2.05) is 7.05 Å². The summed E-state index contributed by atoms with van der Waals surface area (Å²) >= 11 is 0. The average molecular weight is 173 g/mol. The summed E-state index contributed by atoms with van der Waals surface area (Å²) in [5, 5.41) is 3.32. The van der Waals surface area contributed by atoms with E-state index in [2.05, 4.69) is 12.2 Å². The Morgan fingerprint density at radius 1 is 1.25 bits per heavy atom. The Labute approximate surface area is 76.7 Å². The molecule has 0 radical (unpaired) electrons. The molecule has 1 unspecified atom stereocenters. The molecule has 1 N–H and O–H groups in total.